The Kier molecular flexibility index (Phi) is 3.47. The van der Waals surface area contributed by atoms with E-state index in [9.17, 15) is 9.59 Å². The SMILES string of the molecule is Cc1noc(C)c1C(=O)N1[C@H]2CC[C@H]1Cn1c(nc3ccccc3c1=O)C2. The fraction of sp³-hybridized carbons (Fsp3) is 0.400. The predicted molar refractivity (Wildman–Crippen MR) is 98.7 cm³/mol. The highest BCUT2D eigenvalue weighted by Gasteiger charge is 2.42. The molecule has 2 bridgehead atoms. The first-order chi connectivity index (χ1) is 13.0. The Morgan fingerprint density at radius 2 is 1.96 bits per heavy atom. The van der Waals surface area contributed by atoms with E-state index >= 15 is 0 Å². The molecule has 138 valence electrons. The van der Waals surface area contributed by atoms with E-state index in [1.54, 1.807) is 18.4 Å². The van der Waals surface area contributed by atoms with Crippen molar-refractivity contribution >= 4 is 16.8 Å². The topological polar surface area (TPSA) is 81.2 Å². The highest BCUT2D eigenvalue weighted by molar-refractivity contribution is 5.96. The number of rotatable bonds is 1. The molecule has 0 saturated carbocycles. The molecule has 1 aromatic carbocycles. The fourth-order valence-electron chi connectivity index (χ4n) is 4.57. The number of para-hydroxylation sites is 1. The predicted octanol–water partition coefficient (Wildman–Crippen LogP) is 2.23. The Bertz CT molecular complexity index is 1110. The van der Waals surface area contributed by atoms with E-state index < -0.39 is 0 Å². The van der Waals surface area contributed by atoms with E-state index in [2.05, 4.69) is 5.16 Å². The summed E-state index contributed by atoms with van der Waals surface area (Å²) >= 11 is 0. The highest BCUT2D eigenvalue weighted by atomic mass is 16.5. The molecule has 3 aromatic rings. The van der Waals surface area contributed by atoms with E-state index in [0.29, 0.717) is 35.4 Å². The second-order valence-electron chi connectivity index (χ2n) is 7.46. The van der Waals surface area contributed by atoms with E-state index in [0.717, 1.165) is 24.2 Å². The molecule has 7 heteroatoms. The molecule has 4 heterocycles. The van der Waals surface area contributed by atoms with Gasteiger partial charge in [0.1, 0.15) is 17.1 Å². The van der Waals surface area contributed by atoms with Crippen molar-refractivity contribution in [2.45, 2.75) is 51.7 Å². The van der Waals surface area contributed by atoms with Crippen LogP contribution in [0.1, 0.15) is 40.5 Å². The zero-order valence-corrected chi connectivity index (χ0v) is 15.3. The Labute approximate surface area is 155 Å². The van der Waals surface area contributed by atoms with Crippen LogP contribution in [0, 0.1) is 13.8 Å². The van der Waals surface area contributed by atoms with Crippen LogP contribution in [0.5, 0.6) is 0 Å². The minimum atomic E-state index is -0.0517. The number of amides is 1. The molecule has 1 fully saturated rings. The van der Waals surface area contributed by atoms with Gasteiger partial charge in [-0.25, -0.2) is 4.98 Å². The summed E-state index contributed by atoms with van der Waals surface area (Å²) in [6, 6.07) is 7.45. The Hall–Kier alpha value is -2.96. The third-order valence-electron chi connectivity index (χ3n) is 5.85. The van der Waals surface area contributed by atoms with Gasteiger partial charge in [-0.05, 0) is 38.8 Å². The van der Waals surface area contributed by atoms with Gasteiger partial charge in [0.15, 0.2) is 0 Å². The number of aromatic nitrogens is 3. The lowest BCUT2D eigenvalue weighted by Crippen LogP contribution is -2.42. The number of aryl methyl sites for hydroxylation is 2. The first kappa shape index (κ1) is 16.2. The highest BCUT2D eigenvalue weighted by Crippen LogP contribution is 2.33. The van der Waals surface area contributed by atoms with Gasteiger partial charge < -0.3 is 9.42 Å². The molecule has 5 rings (SSSR count). The van der Waals surface area contributed by atoms with Crippen molar-refractivity contribution in [3.8, 4) is 0 Å². The van der Waals surface area contributed by atoms with E-state index in [-0.39, 0.29) is 23.6 Å². The summed E-state index contributed by atoms with van der Waals surface area (Å²) in [7, 11) is 0. The second kappa shape index (κ2) is 5.77. The molecule has 0 radical (unpaired) electrons. The first-order valence-corrected chi connectivity index (χ1v) is 9.28. The number of hydrogen-bond acceptors (Lipinski definition) is 5. The molecule has 0 N–H and O–H groups in total. The van der Waals surface area contributed by atoms with Crippen molar-refractivity contribution in [3.05, 3.63) is 57.5 Å². The zero-order valence-electron chi connectivity index (χ0n) is 15.3. The number of benzene rings is 1. The van der Waals surface area contributed by atoms with Gasteiger partial charge in [-0.2, -0.15) is 0 Å². The maximum atomic E-state index is 13.3. The molecule has 1 amide bonds. The van der Waals surface area contributed by atoms with Gasteiger partial charge in [0.05, 0.1) is 22.6 Å². The van der Waals surface area contributed by atoms with Crippen LogP contribution in [0.3, 0.4) is 0 Å². The molecule has 2 aromatic heterocycles. The average molecular weight is 364 g/mol. The maximum absolute atomic E-state index is 13.3. The second-order valence-corrected chi connectivity index (χ2v) is 7.46. The summed E-state index contributed by atoms with van der Waals surface area (Å²) in [6.07, 6.45) is 2.40. The third kappa shape index (κ3) is 2.34. The minimum absolute atomic E-state index is 0.0156. The molecular formula is C20H20N4O3. The van der Waals surface area contributed by atoms with Crippen LogP contribution in [-0.4, -0.2) is 37.6 Å². The van der Waals surface area contributed by atoms with E-state index in [4.69, 9.17) is 9.51 Å². The summed E-state index contributed by atoms with van der Waals surface area (Å²) in [5, 5.41) is 4.55. The van der Waals surface area contributed by atoms with Gasteiger partial charge in [0, 0.05) is 19.0 Å². The van der Waals surface area contributed by atoms with Gasteiger partial charge >= 0.3 is 0 Å². The number of carbonyl (C=O) groups excluding carboxylic acids is 1. The maximum Gasteiger partial charge on any atom is 0.261 e. The van der Waals surface area contributed by atoms with E-state index in [1.807, 2.05) is 29.2 Å². The lowest BCUT2D eigenvalue weighted by atomic mass is 10.1. The Morgan fingerprint density at radius 3 is 2.74 bits per heavy atom. The monoisotopic (exact) mass is 364 g/mol. The van der Waals surface area contributed by atoms with Crippen molar-refractivity contribution in [2.24, 2.45) is 0 Å². The molecular weight excluding hydrogens is 344 g/mol. The molecule has 0 aliphatic carbocycles. The Balaban J connectivity index is 1.60. The summed E-state index contributed by atoms with van der Waals surface area (Å²) in [5.41, 5.74) is 1.85. The van der Waals surface area contributed by atoms with Crippen LogP contribution >= 0.6 is 0 Å². The molecule has 27 heavy (non-hydrogen) atoms. The van der Waals surface area contributed by atoms with Gasteiger partial charge in [-0.1, -0.05) is 17.3 Å². The van der Waals surface area contributed by atoms with E-state index in [1.165, 1.54) is 0 Å². The van der Waals surface area contributed by atoms with Crippen LogP contribution in [0.4, 0.5) is 0 Å². The normalized spacial score (nSPS) is 21.3. The molecule has 2 aliphatic rings. The van der Waals surface area contributed by atoms with Crippen LogP contribution in [0.25, 0.3) is 10.9 Å². The fourth-order valence-corrected chi connectivity index (χ4v) is 4.57. The van der Waals surface area contributed by atoms with Gasteiger partial charge in [-0.15, -0.1) is 0 Å². The average Bonchev–Trinajstić information content (AvgIpc) is 3.14. The van der Waals surface area contributed by atoms with Gasteiger partial charge in [-0.3, -0.25) is 14.2 Å². The third-order valence-corrected chi connectivity index (χ3v) is 5.85. The summed E-state index contributed by atoms with van der Waals surface area (Å²) < 4.78 is 6.96. The Morgan fingerprint density at radius 1 is 1.19 bits per heavy atom. The van der Waals surface area contributed by atoms with Crippen LogP contribution in [-0.2, 0) is 13.0 Å². The summed E-state index contributed by atoms with van der Waals surface area (Å²) in [4.78, 5) is 33.0. The zero-order chi connectivity index (χ0) is 18.7. The van der Waals surface area contributed by atoms with Gasteiger partial charge in [0.25, 0.3) is 11.5 Å². The molecule has 0 unspecified atom stereocenters. The largest absolute Gasteiger partial charge is 0.361 e. The van der Waals surface area contributed by atoms with Crippen LogP contribution < -0.4 is 5.56 Å². The smallest absolute Gasteiger partial charge is 0.261 e. The van der Waals surface area contributed by atoms with Crippen LogP contribution in [0.2, 0.25) is 0 Å². The number of carbonyl (C=O) groups is 1. The van der Waals surface area contributed by atoms with Crippen LogP contribution in [0.15, 0.2) is 33.6 Å². The first-order valence-electron chi connectivity index (χ1n) is 9.28. The number of nitrogens with zero attached hydrogens (tertiary/aromatic N) is 4. The quantitative estimate of drug-likeness (QED) is 0.661. The summed E-state index contributed by atoms with van der Waals surface area (Å²) in [5.74, 6) is 1.26. The number of fused-ring (bicyclic) bond motifs is 4. The van der Waals surface area contributed by atoms with Crippen molar-refractivity contribution in [1.29, 1.82) is 0 Å². The lowest BCUT2D eigenvalue weighted by molar-refractivity contribution is 0.0663. The van der Waals surface area contributed by atoms with Gasteiger partial charge in [0.2, 0.25) is 0 Å². The lowest BCUT2D eigenvalue weighted by Gasteiger charge is -2.27. The summed E-state index contributed by atoms with van der Waals surface area (Å²) in [6.45, 7) is 4.04. The van der Waals surface area contributed by atoms with Crippen molar-refractivity contribution < 1.29 is 9.32 Å². The molecule has 7 nitrogen and oxygen atoms in total. The minimum Gasteiger partial charge on any atom is -0.361 e. The molecule has 1 saturated heterocycles. The number of hydrogen-bond donors (Lipinski definition) is 0. The standard InChI is InChI=1S/C20H20N4O3/c1-11-18(12(2)27-22-11)20(26)24-13-7-8-14(24)10-23-17(9-13)21-16-6-4-3-5-15(16)19(23)25/h3-6,13-14H,7-10H2,1-2H3/t13-,14-/m0/s1. The van der Waals surface area contributed by atoms with Crippen molar-refractivity contribution in [2.75, 3.05) is 0 Å². The molecule has 2 atom stereocenters. The molecule has 0 spiro atoms. The van der Waals surface area contributed by atoms with Crippen molar-refractivity contribution in [3.63, 3.8) is 0 Å². The van der Waals surface area contributed by atoms with Crippen molar-refractivity contribution in [1.82, 2.24) is 19.6 Å². The molecule has 2 aliphatic heterocycles.